The van der Waals surface area contributed by atoms with E-state index in [4.69, 9.17) is 75.8 Å². The molecule has 4 aromatic carbocycles. The summed E-state index contributed by atoms with van der Waals surface area (Å²) in [4.78, 5) is 78.1. The van der Waals surface area contributed by atoms with Gasteiger partial charge in [-0.1, -0.05) is 111 Å². The van der Waals surface area contributed by atoms with Gasteiger partial charge in [0.05, 0.1) is 44.6 Å². The summed E-state index contributed by atoms with van der Waals surface area (Å²) < 4.78 is 18.4. The summed E-state index contributed by atoms with van der Waals surface area (Å²) in [5.41, 5.74) is 15.1. The number of likely N-dealkylation sites (N-methyl/N-ethyl adjacent to an activating group) is 2. The number of halogens is 4. The van der Waals surface area contributed by atoms with Crippen molar-refractivity contribution in [3.05, 3.63) is 260 Å². The fourth-order valence-electron chi connectivity index (χ4n) is 18.3. The molecule has 4 amide bonds. The van der Waals surface area contributed by atoms with Crippen LogP contribution in [0.15, 0.2) is 218 Å². The first-order chi connectivity index (χ1) is 69.0. The second-order valence-electron chi connectivity index (χ2n) is 38.9. The van der Waals surface area contributed by atoms with Gasteiger partial charge in [0.25, 0.3) is 23.6 Å². The lowest BCUT2D eigenvalue weighted by Crippen LogP contribution is -2.47. The summed E-state index contributed by atoms with van der Waals surface area (Å²) in [7, 11) is 6.36. The first kappa shape index (κ1) is 99.6. The standard InChI is InChI=1S/C28H33ClN8O.C27H30ClN7O2.C25H30ClN7O.C25H27ClN6O2/c1-19-12-20(27(38)32-19)13-21-16-31-37-25(15-24(34-26(21)37)33-23-5-3-4-22(29)14-23)30-17-28(6-7-28)18-36-10-8-35(2)9-11-36;1-18-11-19(26(36)31-18)12-20-15-30-35-24(29-16-27(5-6-27)17-34-7-9-37-10-8-34)14-23(33-25(20)35)32-22-4-2-3-21(28)13-22;1-15(2)21(32(4)5)14-27-23-12-22(30-20-8-6-7-19(26)11-20)31-24-18(13-28-33(23)24)10-17-9-16(3)29-25(17)34;1-3-34-15-25(7-8-25)14-27-22-12-21(30-20-6-4-5-19(26)11-20)31-23-18(13-28-32(22)23)10-17-9-16(2)29-24(17)33/h3-5,13-16,30H,1,6-12,17-18H2,2H3,(H,32,38)(H,33,34);2-4,12-15,29H,1,5-11,16-17H2,(H,31,36)(H,32,33);6-8,10-13,15,21,27H,3,9,14H2,1-2,4-5H3,(H,29,34)(H,30,31);4-6,10-13,27H,2-3,7-9,14-15H2,1H3,(H,29,33)(H,30,31)/b20-13+;19-12+;2*17-10+. The van der Waals surface area contributed by atoms with Crippen LogP contribution in [0.25, 0.3) is 46.9 Å². The molecule has 1 atom stereocenters. The fourth-order valence-corrected chi connectivity index (χ4v) is 19.1. The zero-order valence-corrected chi connectivity index (χ0v) is 84.2. The molecule has 12 aromatic rings. The first-order valence-corrected chi connectivity index (χ1v) is 49.8. The molecule has 38 heteroatoms. The SMILES string of the molecule is C=C1C/C(=C\c2cnn3c(NCC(C(C)C)N(C)C)cc(Nc4cccc(Cl)c4)nc23)C(=O)N1.C=C1C/C(=C\c2cnn3c(NCC4(CN5CCN(C)CC5)CC4)cc(Nc4cccc(Cl)c4)nc23)C(=O)N1.C=C1C/C(=C\c2cnn3c(NCC4(CN5CCOCC5)CC4)cc(Nc4cccc(Cl)c4)nc23)C(=O)N1.C=C1C/C(=C\c2cnn3c(NCC4(COCC)CC4)cc(Nc4cccc(Cl)c4)nc23)C(=O)N1. The van der Waals surface area contributed by atoms with E-state index < -0.39 is 0 Å². The molecule has 21 rings (SSSR count). The molecule has 1 unspecified atom stereocenters. The monoisotopic (exact) mass is 2010 g/mol. The highest BCUT2D eigenvalue weighted by atomic mass is 35.5. The molecule has 0 bridgehead atoms. The number of rotatable bonds is 33. The summed E-state index contributed by atoms with van der Waals surface area (Å²) in [6.45, 7) is 36.9. The van der Waals surface area contributed by atoms with Crippen LogP contribution < -0.4 is 63.8 Å². The van der Waals surface area contributed by atoms with Crippen LogP contribution >= 0.6 is 46.4 Å². The van der Waals surface area contributed by atoms with Gasteiger partial charge in [-0.05, 0) is 170 Å². The molecule has 14 heterocycles. The van der Waals surface area contributed by atoms with Crippen molar-refractivity contribution in [1.82, 2.24) is 99.3 Å². The van der Waals surface area contributed by atoms with Gasteiger partial charge >= 0.3 is 0 Å². The Morgan fingerprint density at radius 1 is 0.434 bits per heavy atom. The lowest BCUT2D eigenvalue weighted by Gasteiger charge is -2.35. The highest BCUT2D eigenvalue weighted by molar-refractivity contribution is 6.32. The Morgan fingerprint density at radius 2 is 0.734 bits per heavy atom. The molecule has 8 aromatic heterocycles. The molecule has 0 spiro atoms. The van der Waals surface area contributed by atoms with Crippen molar-refractivity contribution in [3.8, 4) is 0 Å². The van der Waals surface area contributed by atoms with Crippen LogP contribution in [0.4, 0.5) is 69.3 Å². The highest BCUT2D eigenvalue weighted by Gasteiger charge is 2.46. The second-order valence-corrected chi connectivity index (χ2v) is 40.7. The van der Waals surface area contributed by atoms with E-state index >= 15 is 0 Å². The third-order valence-electron chi connectivity index (χ3n) is 26.8. The molecule has 9 fully saturated rings. The van der Waals surface area contributed by atoms with Gasteiger partial charge in [0, 0.05) is 268 Å². The van der Waals surface area contributed by atoms with Gasteiger partial charge in [0.1, 0.15) is 46.5 Å². The van der Waals surface area contributed by atoms with E-state index in [0.717, 1.165) is 179 Å². The fraction of sp³-hybridized carbons (Fsp3) is 0.352. The van der Waals surface area contributed by atoms with Crippen molar-refractivity contribution in [2.45, 2.75) is 91.0 Å². The van der Waals surface area contributed by atoms with Crippen molar-refractivity contribution in [2.24, 2.45) is 22.2 Å². The predicted octanol–water partition coefficient (Wildman–Crippen LogP) is 17.4. The molecule has 3 saturated carbocycles. The number of anilines is 12. The van der Waals surface area contributed by atoms with Gasteiger partial charge in [-0.3, -0.25) is 24.1 Å². The van der Waals surface area contributed by atoms with Crippen molar-refractivity contribution in [2.75, 3.05) is 169 Å². The highest BCUT2D eigenvalue weighted by Crippen LogP contribution is 2.49. The van der Waals surface area contributed by atoms with E-state index in [1.165, 1.54) is 25.7 Å². The molecular weight excluding hydrogens is 1890 g/mol. The van der Waals surface area contributed by atoms with Crippen molar-refractivity contribution < 1.29 is 28.7 Å². The quantitative estimate of drug-likeness (QED) is 0.0170. The lowest BCUT2D eigenvalue weighted by atomic mass is 10.0. The smallest absolute Gasteiger partial charge is 0.251 e. The van der Waals surface area contributed by atoms with Gasteiger partial charge in [-0.15, -0.1) is 0 Å². The van der Waals surface area contributed by atoms with Crippen LogP contribution in [0.2, 0.25) is 20.1 Å². The molecule has 0 radical (unpaired) electrons. The number of morpholine rings is 1. The summed E-state index contributed by atoms with van der Waals surface area (Å²) in [6, 6.07) is 38.2. The molecule has 3 aliphatic carbocycles. The summed E-state index contributed by atoms with van der Waals surface area (Å²) in [5.74, 6) is 5.87. The second kappa shape index (κ2) is 43.7. The number of hydrogen-bond donors (Lipinski definition) is 12. The normalized spacial score (nSPS) is 18.9. The topological polar surface area (TPSA) is 365 Å². The maximum Gasteiger partial charge on any atom is 0.251 e. The molecular formula is C105H120Cl4N28O6. The minimum atomic E-state index is -0.137. The average Bonchev–Trinajstić information content (AvgIpc) is 1.63. The van der Waals surface area contributed by atoms with Crippen LogP contribution in [0.1, 0.15) is 107 Å². The maximum absolute atomic E-state index is 12.3. The Bertz CT molecular complexity index is 7000. The number of amides is 4. The number of ether oxygens (including phenoxy) is 2. The number of allylic oxidation sites excluding steroid dienone is 4. The summed E-state index contributed by atoms with van der Waals surface area (Å²) >= 11 is 24.7. The summed E-state index contributed by atoms with van der Waals surface area (Å²) in [6.07, 6.45) is 23.4. The number of carbonyl (C=O) groups is 4. The number of carbonyl (C=O) groups excluding carboxylic acids is 4. The van der Waals surface area contributed by atoms with Crippen molar-refractivity contribution >= 4 is 186 Å². The van der Waals surface area contributed by atoms with Gasteiger partial charge in [-0.25, -0.2) is 19.9 Å². The summed E-state index contributed by atoms with van der Waals surface area (Å²) in [5, 5.41) is 59.9. The molecule has 9 aliphatic rings. The Hall–Kier alpha value is -13.5. The van der Waals surface area contributed by atoms with E-state index in [-0.39, 0.29) is 39.9 Å². The largest absolute Gasteiger partial charge is 0.381 e. The Morgan fingerprint density at radius 3 is 1.01 bits per heavy atom. The Kier molecular flexibility index (Phi) is 30.5. The number of nitrogens with one attached hydrogen (secondary N) is 12. The molecule has 34 nitrogen and oxygen atoms in total. The van der Waals surface area contributed by atoms with Crippen LogP contribution in [0.5, 0.6) is 0 Å². The van der Waals surface area contributed by atoms with E-state index in [2.05, 4.69) is 165 Å². The van der Waals surface area contributed by atoms with Crippen LogP contribution in [0, 0.1) is 22.2 Å². The van der Waals surface area contributed by atoms with E-state index in [0.29, 0.717) is 155 Å². The number of fused-ring (bicyclic) bond motifs is 4. The molecule has 12 N–H and O–H groups in total. The minimum absolute atomic E-state index is 0.125. The zero-order chi connectivity index (χ0) is 99.8. The third kappa shape index (κ3) is 25.2. The van der Waals surface area contributed by atoms with Crippen LogP contribution in [-0.2, 0) is 28.7 Å². The minimum Gasteiger partial charge on any atom is -0.381 e. The number of nitrogens with zero attached hydrogens (tertiary/aromatic N) is 16. The van der Waals surface area contributed by atoms with Crippen molar-refractivity contribution in [3.63, 3.8) is 0 Å². The molecule has 6 saturated heterocycles. The van der Waals surface area contributed by atoms with Crippen LogP contribution in [0.3, 0.4) is 0 Å². The Labute approximate surface area is 850 Å². The lowest BCUT2D eigenvalue weighted by molar-refractivity contribution is -0.116. The van der Waals surface area contributed by atoms with Crippen LogP contribution in [-0.4, -0.2) is 234 Å². The van der Waals surface area contributed by atoms with E-state index in [1.54, 1.807) is 33.8 Å². The van der Waals surface area contributed by atoms with E-state index in [9.17, 15) is 19.2 Å². The zero-order valence-electron chi connectivity index (χ0n) is 81.2. The number of aromatic nitrogens is 12. The van der Waals surface area contributed by atoms with E-state index in [1.807, 2.05) is 162 Å². The number of hydrogen-bond acceptors (Lipinski definition) is 26. The average molecular weight is 2010 g/mol. The van der Waals surface area contributed by atoms with Gasteiger partial charge in [-0.2, -0.15) is 38.5 Å². The predicted molar refractivity (Wildman–Crippen MR) is 569 cm³/mol. The number of piperazine rings is 1. The number of benzene rings is 4. The maximum atomic E-state index is 12.3. The molecule has 6 aliphatic heterocycles. The molecule has 143 heavy (non-hydrogen) atoms. The third-order valence-corrected chi connectivity index (χ3v) is 27.7. The van der Waals surface area contributed by atoms with Gasteiger partial charge in [0.15, 0.2) is 22.6 Å². The first-order valence-electron chi connectivity index (χ1n) is 48.3. The molecule has 744 valence electrons. The Balaban J connectivity index is 0.000000126. The van der Waals surface area contributed by atoms with Gasteiger partial charge in [0.2, 0.25) is 0 Å². The van der Waals surface area contributed by atoms with Crippen molar-refractivity contribution in [1.29, 1.82) is 0 Å². The van der Waals surface area contributed by atoms with Gasteiger partial charge < -0.3 is 88.0 Å².